The van der Waals surface area contributed by atoms with Crippen LogP contribution in [0, 0.1) is 28.6 Å². The van der Waals surface area contributed by atoms with Gasteiger partial charge in [-0.2, -0.15) is 10.5 Å². The van der Waals surface area contributed by atoms with E-state index in [9.17, 15) is 10.5 Å². The molecule has 0 fully saturated rings. The van der Waals surface area contributed by atoms with E-state index in [-0.39, 0.29) is 5.92 Å². The van der Waals surface area contributed by atoms with Crippen LogP contribution in [0.4, 0.5) is 0 Å². The second-order valence-electron chi connectivity index (χ2n) is 5.19. The van der Waals surface area contributed by atoms with Crippen molar-refractivity contribution in [3.63, 3.8) is 0 Å². The summed E-state index contributed by atoms with van der Waals surface area (Å²) < 4.78 is 0. The monoisotopic (exact) mass is 282 g/mol. The maximum absolute atomic E-state index is 9.42. The second kappa shape index (κ2) is 6.12. The van der Waals surface area contributed by atoms with Gasteiger partial charge < -0.3 is 0 Å². The zero-order valence-corrected chi connectivity index (χ0v) is 12.0. The maximum atomic E-state index is 9.42. The lowest BCUT2D eigenvalue weighted by Crippen LogP contribution is -2.11. The number of hydrogen-bond acceptors (Lipinski definition) is 2. The number of rotatable bonds is 3. The summed E-state index contributed by atoms with van der Waals surface area (Å²) in [5, 5.41) is 21.1. The molecule has 0 saturated heterocycles. The fourth-order valence-electron chi connectivity index (χ4n) is 2.91. The van der Waals surface area contributed by atoms with Crippen LogP contribution >= 0.6 is 0 Å². The van der Waals surface area contributed by atoms with Gasteiger partial charge in [-0.25, -0.2) is 0 Å². The molecule has 0 radical (unpaired) electrons. The molecule has 3 aromatic rings. The van der Waals surface area contributed by atoms with Crippen LogP contribution in [0.2, 0.25) is 0 Å². The first-order chi connectivity index (χ1) is 10.8. The Morgan fingerprint density at radius 3 is 2.05 bits per heavy atom. The van der Waals surface area contributed by atoms with Gasteiger partial charge in [0.15, 0.2) is 0 Å². The molecule has 1 unspecified atom stereocenters. The average molecular weight is 282 g/mol. The van der Waals surface area contributed by atoms with Crippen molar-refractivity contribution in [3.05, 3.63) is 83.9 Å². The minimum absolute atomic E-state index is 0.248. The average Bonchev–Trinajstić information content (AvgIpc) is 2.60. The fourth-order valence-corrected chi connectivity index (χ4v) is 2.91. The largest absolute Gasteiger partial charge is 0.197 e. The van der Waals surface area contributed by atoms with Gasteiger partial charge >= 0.3 is 0 Å². The van der Waals surface area contributed by atoms with Gasteiger partial charge in [0.05, 0.1) is 12.1 Å². The van der Waals surface area contributed by atoms with Crippen molar-refractivity contribution in [2.24, 2.45) is 5.92 Å². The Hall–Kier alpha value is -3.10. The van der Waals surface area contributed by atoms with Crippen molar-refractivity contribution in [1.82, 2.24) is 0 Å². The van der Waals surface area contributed by atoms with Crippen LogP contribution in [0.15, 0.2) is 72.8 Å². The summed E-state index contributed by atoms with van der Waals surface area (Å²) in [7, 11) is 0. The van der Waals surface area contributed by atoms with Crippen LogP contribution in [0.25, 0.3) is 10.8 Å². The summed E-state index contributed by atoms with van der Waals surface area (Å²) >= 11 is 0. The first kappa shape index (κ1) is 13.9. The number of fused-ring (bicyclic) bond motifs is 1. The Bertz CT molecular complexity index is 850. The Morgan fingerprint density at radius 2 is 1.32 bits per heavy atom. The van der Waals surface area contributed by atoms with Gasteiger partial charge in [-0.3, -0.25) is 0 Å². The molecule has 2 nitrogen and oxygen atoms in total. The SMILES string of the molecule is N#CC(C#N)C(c1ccccc1)c1cccc2ccccc12. The van der Waals surface area contributed by atoms with Crippen molar-refractivity contribution in [2.75, 3.05) is 0 Å². The molecule has 0 bridgehead atoms. The van der Waals surface area contributed by atoms with Crippen molar-refractivity contribution in [2.45, 2.75) is 5.92 Å². The number of hydrogen-bond donors (Lipinski definition) is 0. The van der Waals surface area contributed by atoms with E-state index in [0.717, 1.165) is 21.9 Å². The molecule has 3 aromatic carbocycles. The highest BCUT2D eigenvalue weighted by molar-refractivity contribution is 5.86. The maximum Gasteiger partial charge on any atom is 0.144 e. The van der Waals surface area contributed by atoms with E-state index in [2.05, 4.69) is 24.3 Å². The van der Waals surface area contributed by atoms with E-state index >= 15 is 0 Å². The van der Waals surface area contributed by atoms with Gasteiger partial charge in [-0.1, -0.05) is 72.8 Å². The molecule has 104 valence electrons. The van der Waals surface area contributed by atoms with E-state index in [0.29, 0.717) is 0 Å². The molecule has 0 aromatic heterocycles. The molecule has 0 aliphatic heterocycles. The van der Waals surface area contributed by atoms with Crippen LogP contribution in [-0.4, -0.2) is 0 Å². The minimum Gasteiger partial charge on any atom is -0.197 e. The third-order valence-electron chi connectivity index (χ3n) is 3.93. The molecule has 22 heavy (non-hydrogen) atoms. The van der Waals surface area contributed by atoms with Crippen LogP contribution < -0.4 is 0 Å². The smallest absolute Gasteiger partial charge is 0.144 e. The first-order valence-corrected chi connectivity index (χ1v) is 7.17. The molecule has 0 aliphatic rings. The van der Waals surface area contributed by atoms with Crippen molar-refractivity contribution in [3.8, 4) is 12.1 Å². The van der Waals surface area contributed by atoms with Gasteiger partial charge in [0.25, 0.3) is 0 Å². The molecule has 0 N–H and O–H groups in total. The molecular formula is C20H14N2. The van der Waals surface area contributed by atoms with E-state index in [1.165, 1.54) is 0 Å². The van der Waals surface area contributed by atoms with E-state index in [4.69, 9.17) is 0 Å². The zero-order valence-electron chi connectivity index (χ0n) is 12.0. The highest BCUT2D eigenvalue weighted by Crippen LogP contribution is 2.35. The molecule has 0 saturated carbocycles. The Morgan fingerprint density at radius 1 is 0.682 bits per heavy atom. The standard InChI is InChI=1S/C20H14N2/c21-13-17(14-22)20(16-8-2-1-3-9-16)19-12-6-10-15-7-4-5-11-18(15)19/h1-12,17,20H. The van der Waals surface area contributed by atoms with Crippen molar-refractivity contribution in [1.29, 1.82) is 10.5 Å². The molecule has 2 heteroatoms. The third-order valence-corrected chi connectivity index (χ3v) is 3.93. The second-order valence-corrected chi connectivity index (χ2v) is 5.19. The molecule has 0 aliphatic carbocycles. The van der Waals surface area contributed by atoms with Crippen LogP contribution in [0.1, 0.15) is 17.0 Å². The number of nitrogens with zero attached hydrogens (tertiary/aromatic N) is 2. The molecular weight excluding hydrogens is 268 g/mol. The van der Waals surface area contributed by atoms with Crippen LogP contribution in [0.5, 0.6) is 0 Å². The molecule has 0 amide bonds. The molecule has 3 rings (SSSR count). The predicted octanol–water partition coefficient (Wildman–Crippen LogP) is 4.64. The third kappa shape index (κ3) is 2.43. The van der Waals surface area contributed by atoms with Gasteiger partial charge in [-0.15, -0.1) is 0 Å². The normalized spacial score (nSPS) is 11.8. The lowest BCUT2D eigenvalue weighted by molar-refractivity contribution is 0.714. The van der Waals surface area contributed by atoms with E-state index in [1.807, 2.05) is 60.7 Å². The molecule has 1 atom stereocenters. The Balaban J connectivity index is 2.26. The van der Waals surface area contributed by atoms with Crippen LogP contribution in [-0.2, 0) is 0 Å². The van der Waals surface area contributed by atoms with Crippen molar-refractivity contribution >= 4 is 10.8 Å². The van der Waals surface area contributed by atoms with Crippen LogP contribution in [0.3, 0.4) is 0 Å². The lowest BCUT2D eigenvalue weighted by atomic mass is 9.80. The highest BCUT2D eigenvalue weighted by Gasteiger charge is 2.26. The predicted molar refractivity (Wildman–Crippen MR) is 86.9 cm³/mol. The number of nitriles is 2. The molecule has 0 spiro atoms. The van der Waals surface area contributed by atoms with Gasteiger partial charge in [-0.05, 0) is 21.9 Å². The Labute approximate surface area is 129 Å². The fraction of sp³-hybridized carbons (Fsp3) is 0.100. The highest BCUT2D eigenvalue weighted by atomic mass is 14.4. The van der Waals surface area contributed by atoms with Gasteiger partial charge in [0.2, 0.25) is 0 Å². The summed E-state index contributed by atoms with van der Waals surface area (Å²) in [4.78, 5) is 0. The quantitative estimate of drug-likeness (QED) is 0.702. The van der Waals surface area contributed by atoms with Gasteiger partial charge in [0, 0.05) is 5.92 Å². The first-order valence-electron chi connectivity index (χ1n) is 7.17. The summed E-state index contributed by atoms with van der Waals surface area (Å²) in [6.07, 6.45) is 0. The summed E-state index contributed by atoms with van der Waals surface area (Å²) in [6, 6.07) is 28.2. The van der Waals surface area contributed by atoms with E-state index in [1.54, 1.807) is 0 Å². The zero-order chi connectivity index (χ0) is 15.4. The minimum atomic E-state index is -0.715. The lowest BCUT2D eigenvalue weighted by Gasteiger charge is -2.20. The number of benzene rings is 3. The summed E-state index contributed by atoms with van der Waals surface area (Å²) in [6.45, 7) is 0. The summed E-state index contributed by atoms with van der Waals surface area (Å²) in [5.41, 5.74) is 2.02. The topological polar surface area (TPSA) is 47.6 Å². The molecule has 0 heterocycles. The van der Waals surface area contributed by atoms with E-state index < -0.39 is 5.92 Å². The van der Waals surface area contributed by atoms with Crippen molar-refractivity contribution < 1.29 is 0 Å². The summed E-state index contributed by atoms with van der Waals surface area (Å²) in [5.74, 6) is -0.962. The Kier molecular flexibility index (Phi) is 3.86. The van der Waals surface area contributed by atoms with Gasteiger partial charge in [0.1, 0.15) is 5.92 Å².